The normalized spacial score (nSPS) is 16.0. The molecule has 0 spiro atoms. The van der Waals surface area contributed by atoms with Crippen molar-refractivity contribution in [2.45, 2.75) is 38.5 Å². The van der Waals surface area contributed by atoms with E-state index in [4.69, 9.17) is 0 Å². The summed E-state index contributed by atoms with van der Waals surface area (Å²) in [5.41, 5.74) is 0.887. The minimum atomic E-state index is -0.200. The van der Waals surface area contributed by atoms with E-state index in [0.717, 1.165) is 22.9 Å². The van der Waals surface area contributed by atoms with E-state index in [-0.39, 0.29) is 5.91 Å². The van der Waals surface area contributed by atoms with E-state index in [9.17, 15) is 4.79 Å². The second-order valence-corrected chi connectivity index (χ2v) is 7.04. The maximum absolute atomic E-state index is 11.9. The standard InChI is InChI=1S/C16H21N5OS/c1-21-11-13(10-17-21)7-8-14(22)18-16-20-19-15(23-16)9-12-5-3-2-4-6-12/h7-8,10-12H,2-6,9H2,1H3,(H,18,20,22)/b8-7+. The average molecular weight is 331 g/mol. The number of nitrogens with zero attached hydrogens (tertiary/aromatic N) is 4. The SMILES string of the molecule is Cn1cc(/C=C/C(=O)Nc2nnc(CC3CCCCC3)s2)cn1. The highest BCUT2D eigenvalue weighted by molar-refractivity contribution is 7.15. The molecule has 0 bridgehead atoms. The number of carbonyl (C=O) groups is 1. The first-order chi connectivity index (χ1) is 11.2. The van der Waals surface area contributed by atoms with Gasteiger partial charge in [0.1, 0.15) is 5.01 Å². The summed E-state index contributed by atoms with van der Waals surface area (Å²) in [7, 11) is 1.84. The van der Waals surface area contributed by atoms with Crippen LogP contribution in [-0.4, -0.2) is 25.9 Å². The number of nitrogens with one attached hydrogen (secondary N) is 1. The second kappa shape index (κ2) is 7.50. The van der Waals surface area contributed by atoms with E-state index in [1.807, 2.05) is 13.2 Å². The molecule has 122 valence electrons. The number of rotatable bonds is 5. The smallest absolute Gasteiger partial charge is 0.250 e. The van der Waals surface area contributed by atoms with Crippen LogP contribution < -0.4 is 5.32 Å². The van der Waals surface area contributed by atoms with Crippen molar-refractivity contribution in [2.24, 2.45) is 13.0 Å². The first kappa shape index (κ1) is 15.9. The third-order valence-corrected chi connectivity index (χ3v) is 4.90. The Bertz CT molecular complexity index is 684. The topological polar surface area (TPSA) is 72.7 Å². The van der Waals surface area contributed by atoms with Crippen molar-refractivity contribution in [3.8, 4) is 0 Å². The van der Waals surface area contributed by atoms with Crippen molar-refractivity contribution in [1.82, 2.24) is 20.0 Å². The zero-order chi connectivity index (χ0) is 16.1. The van der Waals surface area contributed by atoms with E-state index in [1.165, 1.54) is 49.5 Å². The summed E-state index contributed by atoms with van der Waals surface area (Å²) in [6, 6.07) is 0. The van der Waals surface area contributed by atoms with Crippen LogP contribution in [0, 0.1) is 5.92 Å². The molecule has 0 unspecified atom stereocenters. The molecule has 0 aliphatic heterocycles. The number of amides is 1. The van der Waals surface area contributed by atoms with Crippen molar-refractivity contribution in [3.63, 3.8) is 0 Å². The molecule has 0 saturated heterocycles. The number of carbonyl (C=O) groups excluding carboxylic acids is 1. The van der Waals surface area contributed by atoms with Gasteiger partial charge in [-0.15, -0.1) is 10.2 Å². The molecule has 0 radical (unpaired) electrons. The Morgan fingerprint density at radius 3 is 2.96 bits per heavy atom. The monoisotopic (exact) mass is 331 g/mol. The van der Waals surface area contributed by atoms with Crippen LogP contribution >= 0.6 is 11.3 Å². The van der Waals surface area contributed by atoms with E-state index < -0.39 is 0 Å². The molecule has 2 heterocycles. The molecule has 23 heavy (non-hydrogen) atoms. The van der Waals surface area contributed by atoms with Gasteiger partial charge in [-0.1, -0.05) is 43.4 Å². The molecule has 1 aliphatic carbocycles. The van der Waals surface area contributed by atoms with Gasteiger partial charge >= 0.3 is 0 Å². The van der Waals surface area contributed by atoms with Crippen molar-refractivity contribution in [2.75, 3.05) is 5.32 Å². The lowest BCUT2D eigenvalue weighted by molar-refractivity contribution is -0.111. The predicted octanol–water partition coefficient (Wildman–Crippen LogP) is 3.05. The maximum atomic E-state index is 11.9. The van der Waals surface area contributed by atoms with Gasteiger partial charge in [-0.25, -0.2) is 0 Å². The number of aromatic nitrogens is 4. The summed E-state index contributed by atoms with van der Waals surface area (Å²) < 4.78 is 1.69. The molecular formula is C16H21N5OS. The molecule has 0 atom stereocenters. The third kappa shape index (κ3) is 4.72. The highest BCUT2D eigenvalue weighted by Gasteiger charge is 2.16. The number of hydrogen-bond acceptors (Lipinski definition) is 5. The summed E-state index contributed by atoms with van der Waals surface area (Å²) in [6.07, 6.45) is 14.3. The summed E-state index contributed by atoms with van der Waals surface area (Å²) in [4.78, 5) is 11.9. The molecule has 1 fully saturated rings. The highest BCUT2D eigenvalue weighted by atomic mass is 32.1. The van der Waals surface area contributed by atoms with Crippen LogP contribution in [0.15, 0.2) is 18.5 Å². The molecule has 7 heteroatoms. The summed E-state index contributed by atoms with van der Waals surface area (Å²) in [6.45, 7) is 0. The zero-order valence-electron chi connectivity index (χ0n) is 13.2. The Balaban J connectivity index is 1.51. The van der Waals surface area contributed by atoms with Gasteiger partial charge in [0, 0.05) is 31.3 Å². The Kier molecular flexibility index (Phi) is 5.17. The van der Waals surface area contributed by atoms with Gasteiger partial charge in [-0.05, 0) is 12.0 Å². The molecule has 1 amide bonds. The molecule has 1 N–H and O–H groups in total. The second-order valence-electron chi connectivity index (χ2n) is 5.98. The fourth-order valence-corrected chi connectivity index (χ4v) is 3.73. The average Bonchev–Trinajstić information content (AvgIpc) is 3.15. The van der Waals surface area contributed by atoms with Crippen LogP contribution in [0.2, 0.25) is 0 Å². The zero-order valence-corrected chi connectivity index (χ0v) is 14.1. The van der Waals surface area contributed by atoms with Gasteiger partial charge in [-0.2, -0.15) is 5.10 Å². The lowest BCUT2D eigenvalue weighted by Gasteiger charge is -2.19. The fraction of sp³-hybridized carbons (Fsp3) is 0.500. The van der Waals surface area contributed by atoms with E-state index >= 15 is 0 Å². The van der Waals surface area contributed by atoms with Crippen LogP contribution in [0.1, 0.15) is 42.7 Å². The molecule has 6 nitrogen and oxygen atoms in total. The van der Waals surface area contributed by atoms with Crippen LogP contribution in [0.4, 0.5) is 5.13 Å². The van der Waals surface area contributed by atoms with Crippen molar-refractivity contribution in [1.29, 1.82) is 0 Å². The molecule has 1 saturated carbocycles. The van der Waals surface area contributed by atoms with Crippen LogP contribution in [0.5, 0.6) is 0 Å². The van der Waals surface area contributed by atoms with E-state index in [1.54, 1.807) is 17.0 Å². The van der Waals surface area contributed by atoms with E-state index in [2.05, 4.69) is 20.6 Å². The van der Waals surface area contributed by atoms with Crippen molar-refractivity contribution < 1.29 is 4.79 Å². The largest absolute Gasteiger partial charge is 0.297 e. The Hall–Kier alpha value is -2.02. The van der Waals surface area contributed by atoms with Crippen molar-refractivity contribution in [3.05, 3.63) is 29.0 Å². The first-order valence-corrected chi connectivity index (χ1v) is 8.81. The Labute approximate surface area is 139 Å². The van der Waals surface area contributed by atoms with Gasteiger partial charge in [0.05, 0.1) is 6.20 Å². The minimum Gasteiger partial charge on any atom is -0.297 e. The van der Waals surface area contributed by atoms with Crippen molar-refractivity contribution >= 4 is 28.5 Å². The Morgan fingerprint density at radius 1 is 1.39 bits per heavy atom. The number of anilines is 1. The van der Waals surface area contributed by atoms with Gasteiger partial charge in [0.15, 0.2) is 0 Å². The highest BCUT2D eigenvalue weighted by Crippen LogP contribution is 2.28. The lowest BCUT2D eigenvalue weighted by atomic mass is 9.87. The predicted molar refractivity (Wildman–Crippen MR) is 91.1 cm³/mol. The number of hydrogen-bond donors (Lipinski definition) is 1. The van der Waals surface area contributed by atoms with Gasteiger partial charge in [-0.3, -0.25) is 14.8 Å². The molecule has 1 aliphatic rings. The lowest BCUT2D eigenvalue weighted by Crippen LogP contribution is -2.08. The summed E-state index contributed by atoms with van der Waals surface area (Å²) >= 11 is 1.48. The van der Waals surface area contributed by atoms with Crippen LogP contribution in [0.25, 0.3) is 6.08 Å². The molecule has 0 aromatic carbocycles. The minimum absolute atomic E-state index is 0.200. The fourth-order valence-electron chi connectivity index (χ4n) is 2.87. The third-order valence-electron chi connectivity index (χ3n) is 4.04. The maximum Gasteiger partial charge on any atom is 0.250 e. The van der Waals surface area contributed by atoms with Crippen LogP contribution in [0.3, 0.4) is 0 Å². The number of aryl methyl sites for hydroxylation is 1. The van der Waals surface area contributed by atoms with Gasteiger partial charge in [0.25, 0.3) is 0 Å². The first-order valence-electron chi connectivity index (χ1n) is 7.99. The summed E-state index contributed by atoms with van der Waals surface area (Å²) in [5.74, 6) is 0.528. The molecule has 2 aromatic rings. The Morgan fingerprint density at radius 2 is 2.22 bits per heavy atom. The van der Waals surface area contributed by atoms with Gasteiger partial charge in [0.2, 0.25) is 11.0 Å². The van der Waals surface area contributed by atoms with Crippen LogP contribution in [-0.2, 0) is 18.3 Å². The molecule has 2 aromatic heterocycles. The van der Waals surface area contributed by atoms with E-state index in [0.29, 0.717) is 5.13 Å². The summed E-state index contributed by atoms with van der Waals surface area (Å²) in [5, 5.41) is 16.7. The van der Waals surface area contributed by atoms with Gasteiger partial charge < -0.3 is 0 Å². The molecular weight excluding hydrogens is 310 g/mol. The quantitative estimate of drug-likeness (QED) is 0.855. The molecule has 3 rings (SSSR count).